The molecule has 0 spiro atoms. The van der Waals surface area contributed by atoms with E-state index in [4.69, 9.17) is 0 Å². The predicted octanol–water partition coefficient (Wildman–Crippen LogP) is 9.51. The van der Waals surface area contributed by atoms with Crippen LogP contribution in [0.4, 0.5) is 0 Å². The zero-order chi connectivity index (χ0) is 20.3. The van der Waals surface area contributed by atoms with E-state index in [1.54, 1.807) is 38.5 Å². The average Bonchev–Trinajstić information content (AvgIpc) is 2.77. The van der Waals surface area contributed by atoms with Crippen LogP contribution in [0.2, 0.25) is 0 Å². The first-order chi connectivity index (χ1) is 14.3. The Labute approximate surface area is 183 Å². The highest BCUT2D eigenvalue weighted by Gasteiger charge is 2.30. The van der Waals surface area contributed by atoms with E-state index >= 15 is 0 Å². The lowest BCUT2D eigenvalue weighted by molar-refractivity contribution is 0.141. The van der Waals surface area contributed by atoms with Crippen molar-refractivity contribution >= 4 is 0 Å². The quantitative estimate of drug-likeness (QED) is 0.339. The summed E-state index contributed by atoms with van der Waals surface area (Å²) in [4.78, 5) is 0. The van der Waals surface area contributed by atoms with Crippen molar-refractivity contribution in [1.82, 2.24) is 0 Å². The molecule has 29 heavy (non-hydrogen) atoms. The van der Waals surface area contributed by atoms with Crippen molar-refractivity contribution in [2.24, 2.45) is 35.5 Å². The molecule has 3 aliphatic rings. The third kappa shape index (κ3) is 7.91. The molecular formula is C29H50. The van der Waals surface area contributed by atoms with E-state index in [1.807, 2.05) is 0 Å². The molecule has 166 valence electrons. The molecule has 0 unspecified atom stereocenters. The summed E-state index contributed by atoms with van der Waals surface area (Å²) in [6, 6.07) is 0. The van der Waals surface area contributed by atoms with Crippen molar-refractivity contribution in [1.29, 1.82) is 0 Å². The summed E-state index contributed by atoms with van der Waals surface area (Å²) in [6.07, 6.45) is 34.9. The van der Waals surface area contributed by atoms with Crippen LogP contribution in [-0.2, 0) is 0 Å². The van der Waals surface area contributed by atoms with Crippen LogP contribution in [0.15, 0.2) is 24.3 Å². The molecule has 0 bridgehead atoms. The van der Waals surface area contributed by atoms with Crippen LogP contribution in [-0.4, -0.2) is 0 Å². The molecule has 0 nitrogen and oxygen atoms in total. The maximum absolute atomic E-state index is 2.58. The van der Waals surface area contributed by atoms with Gasteiger partial charge in [0.15, 0.2) is 0 Å². The molecule has 0 aromatic rings. The normalized spacial score (nSPS) is 36.8. The molecular weight excluding hydrogens is 348 g/mol. The van der Waals surface area contributed by atoms with Gasteiger partial charge in [0.1, 0.15) is 0 Å². The number of hydrogen-bond donors (Lipinski definition) is 0. The molecule has 0 heterocycles. The highest BCUT2D eigenvalue weighted by molar-refractivity contribution is 4.96. The lowest BCUT2D eigenvalue weighted by Crippen LogP contribution is -2.25. The SMILES string of the molecule is CC/C=C/C1CCC(/C=C/CCC2CCC(C3CCC(CCC)CC3)CC2)CC1. The molecule has 0 amide bonds. The Kier molecular flexibility index (Phi) is 10.4. The minimum absolute atomic E-state index is 0.872. The van der Waals surface area contributed by atoms with Crippen molar-refractivity contribution in [2.45, 2.75) is 123 Å². The summed E-state index contributed by atoms with van der Waals surface area (Å²) in [5.41, 5.74) is 0. The predicted molar refractivity (Wildman–Crippen MR) is 129 cm³/mol. The molecule has 0 radical (unpaired) electrons. The molecule has 3 rings (SSSR count). The summed E-state index contributed by atoms with van der Waals surface area (Å²) in [5.74, 6) is 6.02. The van der Waals surface area contributed by atoms with E-state index in [-0.39, 0.29) is 0 Å². The smallest absolute Gasteiger partial charge is 0.0233 e. The van der Waals surface area contributed by atoms with Gasteiger partial charge in [0.05, 0.1) is 0 Å². The molecule has 0 aromatic carbocycles. The van der Waals surface area contributed by atoms with Crippen LogP contribution in [0, 0.1) is 35.5 Å². The second kappa shape index (κ2) is 13.0. The van der Waals surface area contributed by atoms with Crippen LogP contribution in [0.1, 0.15) is 123 Å². The molecule has 3 saturated carbocycles. The summed E-state index contributed by atoms with van der Waals surface area (Å²) in [7, 11) is 0. The summed E-state index contributed by atoms with van der Waals surface area (Å²) in [6.45, 7) is 4.61. The van der Waals surface area contributed by atoms with Crippen LogP contribution in [0.25, 0.3) is 0 Å². The van der Waals surface area contributed by atoms with Crippen LogP contribution in [0.3, 0.4) is 0 Å². The Hall–Kier alpha value is -0.520. The summed E-state index contributed by atoms with van der Waals surface area (Å²) in [5, 5.41) is 0. The summed E-state index contributed by atoms with van der Waals surface area (Å²) < 4.78 is 0. The van der Waals surface area contributed by atoms with Gasteiger partial charge in [0.2, 0.25) is 0 Å². The topological polar surface area (TPSA) is 0 Å². The lowest BCUT2D eigenvalue weighted by atomic mass is 9.68. The van der Waals surface area contributed by atoms with E-state index in [2.05, 4.69) is 38.2 Å². The highest BCUT2D eigenvalue weighted by Crippen LogP contribution is 2.43. The second-order valence-electron chi connectivity index (χ2n) is 10.9. The zero-order valence-corrected chi connectivity index (χ0v) is 19.8. The van der Waals surface area contributed by atoms with Gasteiger partial charge in [-0.2, -0.15) is 0 Å². The molecule has 0 N–H and O–H groups in total. The van der Waals surface area contributed by atoms with Gasteiger partial charge in [-0.25, -0.2) is 0 Å². The van der Waals surface area contributed by atoms with Gasteiger partial charge in [-0.1, -0.05) is 76.7 Å². The van der Waals surface area contributed by atoms with Gasteiger partial charge in [-0.05, 0) is 106 Å². The first-order valence-electron chi connectivity index (χ1n) is 13.6. The Morgan fingerprint density at radius 1 is 0.552 bits per heavy atom. The highest BCUT2D eigenvalue weighted by atomic mass is 14.4. The third-order valence-corrected chi connectivity index (χ3v) is 8.76. The molecule has 0 saturated heterocycles. The fourth-order valence-electron chi connectivity index (χ4n) is 6.78. The van der Waals surface area contributed by atoms with Gasteiger partial charge in [0.25, 0.3) is 0 Å². The van der Waals surface area contributed by atoms with Crippen molar-refractivity contribution in [3.05, 3.63) is 24.3 Å². The van der Waals surface area contributed by atoms with E-state index in [0.29, 0.717) is 0 Å². The largest absolute Gasteiger partial charge is 0.0885 e. The van der Waals surface area contributed by atoms with E-state index < -0.39 is 0 Å². The van der Waals surface area contributed by atoms with Crippen molar-refractivity contribution < 1.29 is 0 Å². The van der Waals surface area contributed by atoms with Crippen LogP contribution in [0.5, 0.6) is 0 Å². The van der Waals surface area contributed by atoms with E-state index in [0.717, 1.165) is 35.5 Å². The third-order valence-electron chi connectivity index (χ3n) is 8.76. The van der Waals surface area contributed by atoms with Gasteiger partial charge < -0.3 is 0 Å². The Balaban J connectivity index is 1.25. The van der Waals surface area contributed by atoms with Crippen molar-refractivity contribution in [2.75, 3.05) is 0 Å². The molecule has 0 aliphatic heterocycles. The van der Waals surface area contributed by atoms with Gasteiger partial charge in [-0.3, -0.25) is 0 Å². The fourth-order valence-corrected chi connectivity index (χ4v) is 6.78. The average molecular weight is 399 g/mol. The maximum atomic E-state index is 2.58. The minimum Gasteiger partial charge on any atom is -0.0885 e. The van der Waals surface area contributed by atoms with Crippen LogP contribution < -0.4 is 0 Å². The zero-order valence-electron chi connectivity index (χ0n) is 19.8. The molecule has 0 aromatic heterocycles. The van der Waals surface area contributed by atoms with Gasteiger partial charge in [-0.15, -0.1) is 0 Å². The van der Waals surface area contributed by atoms with Crippen molar-refractivity contribution in [3.63, 3.8) is 0 Å². The second-order valence-corrected chi connectivity index (χ2v) is 10.9. The van der Waals surface area contributed by atoms with Crippen LogP contribution >= 0.6 is 0 Å². The Morgan fingerprint density at radius 3 is 1.52 bits per heavy atom. The Bertz CT molecular complexity index is 462. The molecule has 0 heteroatoms. The number of allylic oxidation sites excluding steroid dienone is 4. The van der Waals surface area contributed by atoms with Crippen molar-refractivity contribution in [3.8, 4) is 0 Å². The molecule has 3 fully saturated rings. The number of rotatable bonds is 9. The molecule has 0 atom stereocenters. The maximum Gasteiger partial charge on any atom is -0.0233 e. The minimum atomic E-state index is 0.872. The van der Waals surface area contributed by atoms with E-state index in [1.165, 1.54) is 70.6 Å². The first kappa shape index (κ1) is 23.1. The van der Waals surface area contributed by atoms with E-state index in [9.17, 15) is 0 Å². The molecule has 3 aliphatic carbocycles. The monoisotopic (exact) mass is 398 g/mol. The van der Waals surface area contributed by atoms with Gasteiger partial charge in [0, 0.05) is 0 Å². The number of hydrogen-bond acceptors (Lipinski definition) is 0. The first-order valence-corrected chi connectivity index (χ1v) is 13.6. The van der Waals surface area contributed by atoms with Gasteiger partial charge >= 0.3 is 0 Å². The standard InChI is InChI=1S/C29H50/c1-3-5-9-25-12-14-26(15-13-25)10-6-7-11-27-18-22-29(23-19-27)28-20-16-24(8-4-2)17-21-28/h5-6,9-10,24-29H,3-4,7-8,11-23H2,1-2H3/b9-5+,10-6+. The summed E-state index contributed by atoms with van der Waals surface area (Å²) >= 11 is 0. The fraction of sp³-hybridized carbons (Fsp3) is 0.862. The lowest BCUT2D eigenvalue weighted by Gasteiger charge is -2.38. The Morgan fingerprint density at radius 2 is 1.03 bits per heavy atom.